The number of hydrogen-bond acceptors (Lipinski definition) is 5. The molecule has 1 heterocycles. The number of rotatable bonds is 9. The molecule has 1 unspecified atom stereocenters. The van der Waals surface area contributed by atoms with Crippen molar-refractivity contribution in [1.82, 2.24) is 20.2 Å². The minimum absolute atomic E-state index is 0.193. The van der Waals surface area contributed by atoms with Gasteiger partial charge in [0.2, 0.25) is 12.3 Å². The first-order valence-electron chi connectivity index (χ1n) is 9.44. The van der Waals surface area contributed by atoms with E-state index >= 15 is 0 Å². The van der Waals surface area contributed by atoms with Gasteiger partial charge < -0.3 is 16.0 Å². The normalized spacial score (nSPS) is 15.2. The molecule has 2 amide bonds. The summed E-state index contributed by atoms with van der Waals surface area (Å²) in [5, 5.41) is 3.38. The third kappa shape index (κ3) is 4.74. The van der Waals surface area contributed by atoms with Gasteiger partial charge in [0, 0.05) is 17.1 Å². The predicted octanol–water partition coefficient (Wildman–Crippen LogP) is 3.12. The van der Waals surface area contributed by atoms with E-state index in [1.165, 1.54) is 18.5 Å². The van der Waals surface area contributed by atoms with Crippen LogP contribution < -0.4 is 11.1 Å². The van der Waals surface area contributed by atoms with Crippen molar-refractivity contribution in [1.29, 1.82) is 0 Å². The number of hydrogen-bond donors (Lipinski definition) is 2. The molecule has 152 valence electrons. The van der Waals surface area contributed by atoms with Crippen molar-refractivity contribution < 1.29 is 9.59 Å². The van der Waals surface area contributed by atoms with Gasteiger partial charge in [-0.25, -0.2) is 9.97 Å². The average molecular weight is 414 g/mol. The number of nitrogen functional groups attached to an aromatic ring is 1. The van der Waals surface area contributed by atoms with E-state index in [0.717, 1.165) is 24.0 Å². The van der Waals surface area contributed by atoms with E-state index in [2.05, 4.69) is 21.9 Å². The van der Waals surface area contributed by atoms with Gasteiger partial charge in [-0.05, 0) is 49.1 Å². The second-order valence-electron chi connectivity index (χ2n) is 7.25. The number of amides is 2. The highest BCUT2D eigenvalue weighted by Gasteiger charge is 2.45. The van der Waals surface area contributed by atoms with Gasteiger partial charge in [-0.15, -0.1) is 0 Å². The molecule has 1 aromatic heterocycles. The largest absolute Gasteiger partial charge is 0.396 e. The zero-order valence-corrected chi connectivity index (χ0v) is 17.0. The van der Waals surface area contributed by atoms with Gasteiger partial charge >= 0.3 is 0 Å². The maximum atomic E-state index is 12.7. The summed E-state index contributed by atoms with van der Waals surface area (Å²) in [4.78, 5) is 34.0. The first-order chi connectivity index (χ1) is 13.9. The average Bonchev–Trinajstić information content (AvgIpc) is 3.47. The number of carbonyl (C=O) groups excluding carboxylic acids is 2. The van der Waals surface area contributed by atoms with Crippen LogP contribution in [0.25, 0.3) is 11.4 Å². The monoisotopic (exact) mass is 413 g/mol. The fourth-order valence-corrected chi connectivity index (χ4v) is 3.71. The van der Waals surface area contributed by atoms with Crippen molar-refractivity contribution >= 4 is 29.6 Å². The van der Waals surface area contributed by atoms with Crippen LogP contribution in [0.2, 0.25) is 5.02 Å². The second-order valence-corrected chi connectivity index (χ2v) is 7.69. The van der Waals surface area contributed by atoms with Gasteiger partial charge in [-0.1, -0.05) is 25.1 Å². The molecule has 3 rings (SSSR count). The molecule has 0 aliphatic heterocycles. The summed E-state index contributed by atoms with van der Waals surface area (Å²) >= 11 is 6.38. The number of nitrogens with zero attached hydrogens (tertiary/aromatic N) is 3. The highest BCUT2D eigenvalue weighted by Crippen LogP contribution is 2.39. The highest BCUT2D eigenvalue weighted by molar-refractivity contribution is 6.31. The van der Waals surface area contributed by atoms with Gasteiger partial charge in [-0.2, -0.15) is 0 Å². The SMILES string of the molecule is C=CC(=O)N(CC1(NC=O)CC1)C(CC)c1cc(Cl)cc(-c2ncc(N)cn2)c1. The third-order valence-corrected chi connectivity index (χ3v) is 5.37. The fraction of sp³-hybridized carbons (Fsp3) is 0.333. The van der Waals surface area contributed by atoms with Crippen molar-refractivity contribution in [2.45, 2.75) is 37.8 Å². The van der Waals surface area contributed by atoms with Crippen LogP contribution in [0.1, 0.15) is 37.8 Å². The maximum absolute atomic E-state index is 12.7. The molecule has 8 heteroatoms. The fourth-order valence-electron chi connectivity index (χ4n) is 3.47. The van der Waals surface area contributed by atoms with Gasteiger partial charge in [-0.3, -0.25) is 9.59 Å². The number of aromatic nitrogens is 2. The molecule has 0 saturated heterocycles. The second kappa shape index (κ2) is 8.61. The van der Waals surface area contributed by atoms with Crippen molar-refractivity contribution in [3.63, 3.8) is 0 Å². The summed E-state index contributed by atoms with van der Waals surface area (Å²) < 4.78 is 0. The Balaban J connectivity index is 1.98. The van der Waals surface area contributed by atoms with E-state index in [1.807, 2.05) is 19.1 Å². The zero-order chi connectivity index (χ0) is 21.0. The Morgan fingerprint density at radius 3 is 2.62 bits per heavy atom. The van der Waals surface area contributed by atoms with Gasteiger partial charge in [0.25, 0.3) is 0 Å². The minimum atomic E-state index is -0.366. The lowest BCUT2D eigenvalue weighted by molar-refractivity contribution is -0.129. The van der Waals surface area contributed by atoms with Crippen LogP contribution in [0.3, 0.4) is 0 Å². The van der Waals surface area contributed by atoms with Crippen LogP contribution >= 0.6 is 11.6 Å². The Labute approximate surface area is 175 Å². The van der Waals surface area contributed by atoms with E-state index in [-0.39, 0.29) is 17.5 Å². The first kappa shape index (κ1) is 20.8. The van der Waals surface area contributed by atoms with Crippen molar-refractivity contribution in [2.24, 2.45) is 0 Å². The lowest BCUT2D eigenvalue weighted by Crippen LogP contribution is -2.46. The summed E-state index contributed by atoms with van der Waals surface area (Å²) in [6.07, 6.45) is 7.41. The van der Waals surface area contributed by atoms with Gasteiger partial charge in [0.1, 0.15) is 0 Å². The molecule has 29 heavy (non-hydrogen) atoms. The van der Waals surface area contributed by atoms with Gasteiger partial charge in [0.15, 0.2) is 5.82 Å². The van der Waals surface area contributed by atoms with Gasteiger partial charge in [0.05, 0.1) is 29.7 Å². The van der Waals surface area contributed by atoms with Crippen LogP contribution in [0.4, 0.5) is 5.69 Å². The molecule has 3 N–H and O–H groups in total. The molecular weight excluding hydrogens is 390 g/mol. The van der Waals surface area contributed by atoms with Crippen LogP contribution in [0.5, 0.6) is 0 Å². The Morgan fingerprint density at radius 2 is 2.07 bits per heavy atom. The molecule has 1 saturated carbocycles. The lowest BCUT2D eigenvalue weighted by atomic mass is 9.98. The van der Waals surface area contributed by atoms with E-state index < -0.39 is 0 Å². The maximum Gasteiger partial charge on any atom is 0.246 e. The summed E-state index contributed by atoms with van der Waals surface area (Å²) in [5.41, 5.74) is 7.39. The number of carbonyl (C=O) groups is 2. The Bertz CT molecular complexity index is 912. The molecule has 1 aromatic carbocycles. The molecule has 1 atom stereocenters. The number of benzene rings is 1. The Morgan fingerprint density at radius 1 is 1.38 bits per heavy atom. The summed E-state index contributed by atoms with van der Waals surface area (Å²) in [7, 11) is 0. The summed E-state index contributed by atoms with van der Waals surface area (Å²) in [6, 6.07) is 5.31. The Hall–Kier alpha value is -2.93. The summed E-state index contributed by atoms with van der Waals surface area (Å²) in [6.45, 7) is 6.05. The third-order valence-electron chi connectivity index (χ3n) is 5.15. The molecule has 7 nitrogen and oxygen atoms in total. The molecular formula is C21H24ClN5O2. The molecule has 0 bridgehead atoms. The first-order valence-corrected chi connectivity index (χ1v) is 9.82. The van der Waals surface area contributed by atoms with Crippen LogP contribution in [0, 0.1) is 0 Å². The lowest BCUT2D eigenvalue weighted by Gasteiger charge is -2.34. The van der Waals surface area contributed by atoms with Crippen molar-refractivity contribution in [3.8, 4) is 11.4 Å². The highest BCUT2D eigenvalue weighted by atomic mass is 35.5. The van der Waals surface area contributed by atoms with Crippen LogP contribution in [-0.2, 0) is 9.59 Å². The smallest absolute Gasteiger partial charge is 0.246 e. The van der Waals surface area contributed by atoms with E-state index in [4.69, 9.17) is 17.3 Å². The predicted molar refractivity (Wildman–Crippen MR) is 113 cm³/mol. The molecule has 0 spiro atoms. The summed E-state index contributed by atoms with van der Waals surface area (Å²) in [5.74, 6) is 0.307. The number of halogens is 1. The Kier molecular flexibility index (Phi) is 6.17. The zero-order valence-electron chi connectivity index (χ0n) is 16.3. The topological polar surface area (TPSA) is 101 Å². The van der Waals surface area contributed by atoms with E-state index in [0.29, 0.717) is 35.9 Å². The number of nitrogens with two attached hydrogens (primary N) is 1. The standard InChI is InChI=1S/C21H24ClN5O2/c1-3-18(27(19(29)4-2)12-21(5-6-21)26-13-28)14-7-15(9-16(22)8-14)20-24-10-17(23)11-25-20/h4,7-11,13,18H,2-3,5-6,12,23H2,1H3,(H,26,28). The minimum Gasteiger partial charge on any atom is -0.396 e. The van der Waals surface area contributed by atoms with E-state index in [1.54, 1.807) is 11.0 Å². The molecule has 1 aliphatic rings. The van der Waals surface area contributed by atoms with Crippen molar-refractivity contribution in [3.05, 3.63) is 53.8 Å². The van der Waals surface area contributed by atoms with Crippen LogP contribution in [-0.4, -0.2) is 39.3 Å². The molecule has 1 aliphatic carbocycles. The number of anilines is 1. The van der Waals surface area contributed by atoms with Crippen LogP contribution in [0.15, 0.2) is 43.2 Å². The molecule has 0 radical (unpaired) electrons. The molecule has 2 aromatic rings. The number of nitrogens with one attached hydrogen (secondary N) is 1. The quantitative estimate of drug-likeness (QED) is 0.485. The van der Waals surface area contributed by atoms with Crippen molar-refractivity contribution in [2.75, 3.05) is 12.3 Å². The van der Waals surface area contributed by atoms with E-state index in [9.17, 15) is 9.59 Å². The molecule has 1 fully saturated rings.